The highest BCUT2D eigenvalue weighted by molar-refractivity contribution is 5.86. The minimum atomic E-state index is -1.34. The zero-order chi connectivity index (χ0) is 22.7. The van der Waals surface area contributed by atoms with Crippen molar-refractivity contribution < 1.29 is 14.3 Å². The van der Waals surface area contributed by atoms with Gasteiger partial charge in [-0.05, 0) is 49.4 Å². The van der Waals surface area contributed by atoms with E-state index >= 15 is 0 Å². The van der Waals surface area contributed by atoms with E-state index in [1.54, 1.807) is 0 Å². The summed E-state index contributed by atoms with van der Waals surface area (Å²) < 4.78 is 13.0. The van der Waals surface area contributed by atoms with Crippen molar-refractivity contribution in [2.45, 2.75) is 56.1 Å². The molecule has 4 nitrogen and oxygen atoms in total. The predicted octanol–water partition coefficient (Wildman–Crippen LogP) is 5.74. The Balaban J connectivity index is 0.00000274. The molecule has 178 valence electrons. The van der Waals surface area contributed by atoms with Gasteiger partial charge in [-0.2, -0.15) is 0 Å². The molecule has 0 radical (unpaired) electrons. The van der Waals surface area contributed by atoms with Crippen LogP contribution in [-0.4, -0.2) is 36.1 Å². The summed E-state index contributed by atoms with van der Waals surface area (Å²) in [6, 6.07) is 30.4. The summed E-state index contributed by atoms with van der Waals surface area (Å²) in [5.74, 6) is -0.334. The minimum Gasteiger partial charge on any atom is -0.458 e. The lowest BCUT2D eigenvalue weighted by Crippen LogP contribution is -2.50. The van der Waals surface area contributed by atoms with Gasteiger partial charge in [-0.25, -0.2) is 4.79 Å². The van der Waals surface area contributed by atoms with Crippen LogP contribution in [0.4, 0.5) is 0 Å². The molecule has 0 amide bonds. The monoisotopic (exact) mass is 477 g/mol. The van der Waals surface area contributed by atoms with E-state index in [1.165, 1.54) is 6.42 Å². The highest BCUT2D eigenvalue weighted by atomic mass is 35.5. The number of rotatable bonds is 7. The fourth-order valence-corrected chi connectivity index (χ4v) is 5.48. The second-order valence-electron chi connectivity index (χ2n) is 9.17. The Labute approximate surface area is 208 Å². The Kier molecular flexibility index (Phi) is 7.72. The lowest BCUT2D eigenvalue weighted by Gasteiger charge is -2.39. The number of carbonyl (C=O) groups is 1. The van der Waals surface area contributed by atoms with Crippen LogP contribution in [0.15, 0.2) is 91.0 Å². The average molecular weight is 478 g/mol. The second kappa shape index (κ2) is 10.7. The van der Waals surface area contributed by atoms with Gasteiger partial charge in [0.1, 0.15) is 6.10 Å². The molecule has 2 aliphatic heterocycles. The first-order valence-electron chi connectivity index (χ1n) is 11.9. The Morgan fingerprint density at radius 3 is 1.94 bits per heavy atom. The minimum absolute atomic E-state index is 0. The molecule has 0 spiro atoms. The van der Waals surface area contributed by atoms with Crippen LogP contribution in [0.1, 0.15) is 42.4 Å². The topological polar surface area (TPSA) is 38.8 Å². The smallest absolute Gasteiger partial charge is 0.348 e. The van der Waals surface area contributed by atoms with Gasteiger partial charge in [0.15, 0.2) is 0 Å². The fourth-order valence-electron chi connectivity index (χ4n) is 5.48. The van der Waals surface area contributed by atoms with Crippen LogP contribution in [0.2, 0.25) is 0 Å². The quantitative estimate of drug-likeness (QED) is 0.407. The van der Waals surface area contributed by atoms with Crippen molar-refractivity contribution in [1.29, 1.82) is 0 Å². The van der Waals surface area contributed by atoms with Crippen molar-refractivity contribution in [3.05, 3.63) is 108 Å². The third kappa shape index (κ3) is 4.63. The fraction of sp³-hybridized carbons (Fsp3) is 0.345. The van der Waals surface area contributed by atoms with Crippen molar-refractivity contribution >= 4 is 18.4 Å². The van der Waals surface area contributed by atoms with Crippen LogP contribution >= 0.6 is 12.4 Å². The van der Waals surface area contributed by atoms with Crippen molar-refractivity contribution in [2.75, 3.05) is 7.05 Å². The molecule has 2 saturated heterocycles. The summed E-state index contributed by atoms with van der Waals surface area (Å²) >= 11 is 0. The molecule has 0 saturated carbocycles. The van der Waals surface area contributed by atoms with E-state index in [0.717, 1.165) is 36.0 Å². The molecule has 5 heteroatoms. The van der Waals surface area contributed by atoms with Crippen molar-refractivity contribution in [3.8, 4) is 0 Å². The van der Waals surface area contributed by atoms with Gasteiger partial charge >= 0.3 is 5.97 Å². The largest absolute Gasteiger partial charge is 0.458 e. The molecule has 34 heavy (non-hydrogen) atoms. The van der Waals surface area contributed by atoms with Gasteiger partial charge in [-0.1, -0.05) is 91.0 Å². The summed E-state index contributed by atoms with van der Waals surface area (Å²) in [7, 11) is 2.16. The molecule has 2 aliphatic rings. The Morgan fingerprint density at radius 1 is 0.824 bits per heavy atom. The molecule has 0 N–H and O–H groups in total. The highest BCUT2D eigenvalue weighted by Crippen LogP contribution is 2.40. The molecule has 2 fully saturated rings. The van der Waals surface area contributed by atoms with Gasteiger partial charge < -0.3 is 9.47 Å². The zero-order valence-corrected chi connectivity index (χ0v) is 20.3. The predicted molar refractivity (Wildman–Crippen MR) is 136 cm³/mol. The maximum Gasteiger partial charge on any atom is 0.348 e. The second-order valence-corrected chi connectivity index (χ2v) is 9.17. The number of piperidine rings is 1. The summed E-state index contributed by atoms with van der Waals surface area (Å²) in [5.41, 5.74) is 1.24. The summed E-state index contributed by atoms with van der Waals surface area (Å²) in [5, 5.41) is 0. The van der Waals surface area contributed by atoms with Crippen molar-refractivity contribution in [3.63, 3.8) is 0 Å². The Morgan fingerprint density at radius 2 is 1.35 bits per heavy atom. The number of halogens is 1. The molecule has 0 unspecified atom stereocenters. The van der Waals surface area contributed by atoms with Gasteiger partial charge in [-0.15, -0.1) is 12.4 Å². The maximum absolute atomic E-state index is 14.2. The van der Waals surface area contributed by atoms with Crippen molar-refractivity contribution in [1.82, 2.24) is 4.90 Å². The highest BCUT2D eigenvalue weighted by Gasteiger charge is 2.49. The summed E-state index contributed by atoms with van der Waals surface area (Å²) in [6.45, 7) is 0.301. The standard InChI is InChI=1S/C29H31NO3.ClH/c1-30-25-17-19-26(30)27(20-18-25)33-28(31)29(23-13-7-3-8-14-23,24-15-9-4-10-16-24)32-21-22-11-5-2-6-12-22;/h2-16,25-27H,17-21H2,1H3;1H/t25-,26+,27-;/m0./s1. The third-order valence-electron chi connectivity index (χ3n) is 7.31. The van der Waals surface area contributed by atoms with E-state index in [4.69, 9.17) is 9.47 Å². The Hall–Kier alpha value is -2.66. The number of nitrogens with zero attached hydrogens (tertiary/aromatic N) is 1. The van der Waals surface area contributed by atoms with Crippen LogP contribution in [0.5, 0.6) is 0 Å². The van der Waals surface area contributed by atoms with Crippen LogP contribution < -0.4 is 0 Å². The lowest BCUT2D eigenvalue weighted by molar-refractivity contribution is -0.180. The third-order valence-corrected chi connectivity index (χ3v) is 7.31. The van der Waals surface area contributed by atoms with Crippen molar-refractivity contribution in [2.24, 2.45) is 0 Å². The lowest BCUT2D eigenvalue weighted by atomic mass is 9.85. The van der Waals surface area contributed by atoms with E-state index in [9.17, 15) is 4.79 Å². The normalized spacial score (nSPS) is 22.1. The van der Waals surface area contributed by atoms with E-state index in [-0.39, 0.29) is 30.5 Å². The van der Waals surface area contributed by atoms with Crippen LogP contribution in [0, 0.1) is 0 Å². The zero-order valence-electron chi connectivity index (χ0n) is 19.5. The molecule has 3 aromatic rings. The molecular weight excluding hydrogens is 446 g/mol. The first-order valence-corrected chi connectivity index (χ1v) is 11.9. The van der Waals surface area contributed by atoms with Gasteiger partial charge in [0.05, 0.1) is 6.61 Å². The molecular formula is C29H32ClNO3. The van der Waals surface area contributed by atoms with Gasteiger partial charge in [0.2, 0.25) is 5.60 Å². The number of fused-ring (bicyclic) bond motifs is 2. The molecule has 2 heterocycles. The number of ether oxygens (including phenoxy) is 2. The molecule has 5 rings (SSSR count). The molecule has 0 aliphatic carbocycles. The van der Waals surface area contributed by atoms with E-state index in [0.29, 0.717) is 12.6 Å². The molecule has 3 atom stereocenters. The molecule has 0 aromatic heterocycles. The summed E-state index contributed by atoms with van der Waals surface area (Å²) in [6.07, 6.45) is 4.12. The van der Waals surface area contributed by atoms with Crippen LogP contribution in [0.25, 0.3) is 0 Å². The summed E-state index contributed by atoms with van der Waals surface area (Å²) in [4.78, 5) is 16.6. The average Bonchev–Trinajstić information content (AvgIpc) is 3.10. The molecule has 2 bridgehead atoms. The number of esters is 1. The number of hydrogen-bond acceptors (Lipinski definition) is 4. The first-order chi connectivity index (χ1) is 16.2. The van der Waals surface area contributed by atoms with Crippen LogP contribution in [-0.2, 0) is 26.5 Å². The number of hydrogen-bond donors (Lipinski definition) is 0. The van der Waals surface area contributed by atoms with Crippen LogP contribution in [0.3, 0.4) is 0 Å². The van der Waals surface area contributed by atoms with Gasteiger partial charge in [0.25, 0.3) is 0 Å². The van der Waals surface area contributed by atoms with E-state index in [2.05, 4.69) is 11.9 Å². The number of benzene rings is 3. The first kappa shape index (κ1) is 24.5. The molecule has 3 aromatic carbocycles. The number of carbonyl (C=O) groups excluding carboxylic acids is 1. The van der Waals surface area contributed by atoms with E-state index in [1.807, 2.05) is 91.0 Å². The maximum atomic E-state index is 14.2. The number of likely N-dealkylation sites (N-methyl/N-ethyl adjacent to an activating group) is 1. The van der Waals surface area contributed by atoms with Gasteiger partial charge in [0, 0.05) is 12.1 Å². The van der Waals surface area contributed by atoms with Gasteiger partial charge in [-0.3, -0.25) is 4.90 Å². The Bertz CT molecular complexity index is 1020. The van der Waals surface area contributed by atoms with E-state index < -0.39 is 5.60 Å². The SMILES string of the molecule is CN1[C@@H]2CC[C@H](OC(=O)C(OCc3ccccc3)(c3ccccc3)c3ccccc3)[C@H]1CC2.Cl.